The van der Waals surface area contributed by atoms with E-state index in [1.54, 1.807) is 0 Å². The summed E-state index contributed by atoms with van der Waals surface area (Å²) in [6.45, 7) is 3.79. The molecule has 0 amide bonds. The molecule has 0 N–H and O–H groups in total. The Balaban J connectivity index is 1.56. The predicted molar refractivity (Wildman–Crippen MR) is 85.1 cm³/mol. The molecule has 0 saturated heterocycles. The molecule has 0 bridgehead atoms. The number of carbonyl (C=O) groups is 2. The van der Waals surface area contributed by atoms with Crippen LogP contribution in [0.5, 0.6) is 0 Å². The molecule has 0 atom stereocenters. The highest BCUT2D eigenvalue weighted by Crippen LogP contribution is 2.39. The minimum Gasteiger partial charge on any atom is -0.450 e. The molecule has 0 saturated carbocycles. The second-order valence-corrected chi connectivity index (χ2v) is 5.49. The lowest BCUT2D eigenvalue weighted by Crippen LogP contribution is -2.12. The normalized spacial score (nSPS) is 13.1. The molecule has 4 rings (SSSR count). The summed E-state index contributed by atoms with van der Waals surface area (Å²) >= 11 is 0. The lowest BCUT2D eigenvalue weighted by molar-refractivity contribution is -0.251. The molecule has 0 aromatic heterocycles. The Morgan fingerprint density at radius 2 is 1.75 bits per heavy atom. The standard InChI is InChI=1S/C19H12O5/c1-11(18(20)23-24-19(21)17-10-22-17)13-7-4-8-15-14-6-3-2-5-12(14)9-16(13)15/h2-8,10H,1,9H2. The largest absolute Gasteiger partial charge is 0.450 e. The van der Waals surface area contributed by atoms with E-state index in [9.17, 15) is 9.59 Å². The molecule has 5 nitrogen and oxygen atoms in total. The SMILES string of the molecule is C=C(C(=O)OOC(=O)C1=CO1)c1cccc2c1Cc1ccccc1-2. The van der Waals surface area contributed by atoms with E-state index < -0.39 is 11.9 Å². The number of fused-ring (bicyclic) bond motifs is 3. The monoisotopic (exact) mass is 320 g/mol. The first-order valence-electron chi connectivity index (χ1n) is 7.34. The fraction of sp³-hybridized carbons (Fsp3) is 0.0526. The summed E-state index contributed by atoms with van der Waals surface area (Å²) in [7, 11) is 0. The summed E-state index contributed by atoms with van der Waals surface area (Å²) in [5.41, 5.74) is 5.26. The molecule has 2 aromatic carbocycles. The zero-order valence-corrected chi connectivity index (χ0v) is 12.6. The fourth-order valence-electron chi connectivity index (χ4n) is 2.84. The predicted octanol–water partition coefficient (Wildman–Crippen LogP) is 3.14. The zero-order valence-electron chi connectivity index (χ0n) is 12.6. The van der Waals surface area contributed by atoms with Gasteiger partial charge in [-0.05, 0) is 34.2 Å². The Morgan fingerprint density at radius 3 is 2.54 bits per heavy atom. The van der Waals surface area contributed by atoms with Crippen LogP contribution in [0.3, 0.4) is 0 Å². The molecule has 1 aliphatic heterocycles. The highest BCUT2D eigenvalue weighted by Gasteiger charge is 2.27. The van der Waals surface area contributed by atoms with Crippen LogP contribution in [0.1, 0.15) is 16.7 Å². The van der Waals surface area contributed by atoms with Gasteiger partial charge in [-0.1, -0.05) is 49.0 Å². The van der Waals surface area contributed by atoms with Crippen molar-refractivity contribution in [2.75, 3.05) is 0 Å². The maximum Gasteiger partial charge on any atom is 0.424 e. The lowest BCUT2D eigenvalue weighted by Gasteiger charge is -2.09. The molecule has 0 fully saturated rings. The summed E-state index contributed by atoms with van der Waals surface area (Å²) in [5.74, 6) is -1.64. The molecule has 0 spiro atoms. The number of benzene rings is 2. The van der Waals surface area contributed by atoms with Crippen LogP contribution in [-0.2, 0) is 30.5 Å². The van der Waals surface area contributed by atoms with Gasteiger partial charge in [0.2, 0.25) is 0 Å². The number of hydrogen-bond acceptors (Lipinski definition) is 5. The molecule has 0 unspecified atom stereocenters. The number of rotatable bonds is 3. The van der Waals surface area contributed by atoms with Gasteiger partial charge < -0.3 is 4.74 Å². The van der Waals surface area contributed by atoms with Crippen molar-refractivity contribution in [3.63, 3.8) is 0 Å². The van der Waals surface area contributed by atoms with Crippen molar-refractivity contribution >= 4 is 17.5 Å². The maximum atomic E-state index is 12.1. The van der Waals surface area contributed by atoms with Gasteiger partial charge in [0.25, 0.3) is 5.76 Å². The van der Waals surface area contributed by atoms with Crippen molar-refractivity contribution < 1.29 is 24.1 Å². The Labute approximate surface area is 137 Å². The summed E-state index contributed by atoms with van der Waals surface area (Å²) < 4.78 is 4.55. The summed E-state index contributed by atoms with van der Waals surface area (Å²) in [4.78, 5) is 32.3. The second kappa shape index (κ2) is 5.38. The third-order valence-corrected chi connectivity index (χ3v) is 4.05. The second-order valence-electron chi connectivity index (χ2n) is 5.49. The van der Waals surface area contributed by atoms with Crippen LogP contribution >= 0.6 is 0 Å². The van der Waals surface area contributed by atoms with E-state index in [0.29, 0.717) is 12.0 Å². The van der Waals surface area contributed by atoms with E-state index >= 15 is 0 Å². The van der Waals surface area contributed by atoms with Gasteiger partial charge in [0.15, 0.2) is 0 Å². The number of carbonyl (C=O) groups excluding carboxylic acids is 2. The van der Waals surface area contributed by atoms with Crippen LogP contribution in [0, 0.1) is 0 Å². The molecule has 5 heteroatoms. The van der Waals surface area contributed by atoms with Gasteiger partial charge in [0.1, 0.15) is 6.26 Å². The Morgan fingerprint density at radius 1 is 1.00 bits per heavy atom. The van der Waals surface area contributed by atoms with Crippen LogP contribution in [0.4, 0.5) is 0 Å². The first kappa shape index (κ1) is 14.3. The van der Waals surface area contributed by atoms with Crippen molar-refractivity contribution in [3.8, 4) is 11.1 Å². The molecule has 2 aromatic rings. The van der Waals surface area contributed by atoms with E-state index in [-0.39, 0.29) is 11.3 Å². The smallest absolute Gasteiger partial charge is 0.424 e. The fourth-order valence-corrected chi connectivity index (χ4v) is 2.84. The first-order chi connectivity index (χ1) is 11.6. The van der Waals surface area contributed by atoms with Gasteiger partial charge in [-0.15, -0.1) is 0 Å². The van der Waals surface area contributed by atoms with Crippen LogP contribution < -0.4 is 0 Å². The molecule has 118 valence electrons. The Hall–Kier alpha value is -3.34. The molecular formula is C19H12O5. The van der Waals surface area contributed by atoms with E-state index in [1.165, 1.54) is 11.8 Å². The Kier molecular flexibility index (Phi) is 3.20. The summed E-state index contributed by atoms with van der Waals surface area (Å²) in [5, 5.41) is 0. The first-order valence-corrected chi connectivity index (χ1v) is 7.34. The third-order valence-electron chi connectivity index (χ3n) is 4.05. The van der Waals surface area contributed by atoms with Gasteiger partial charge in [0, 0.05) is 0 Å². The molecule has 2 aliphatic rings. The van der Waals surface area contributed by atoms with Crippen molar-refractivity contribution in [1.82, 2.24) is 0 Å². The lowest BCUT2D eigenvalue weighted by atomic mass is 9.96. The molecular weight excluding hydrogens is 308 g/mol. The average Bonchev–Trinajstić information content (AvgIpc) is 3.39. The summed E-state index contributed by atoms with van der Waals surface area (Å²) in [6, 6.07) is 13.8. The van der Waals surface area contributed by atoms with Crippen LogP contribution in [0.15, 0.2) is 61.1 Å². The Bertz CT molecular complexity index is 923. The van der Waals surface area contributed by atoms with E-state index in [4.69, 9.17) is 0 Å². The minimum absolute atomic E-state index is 0.0180. The van der Waals surface area contributed by atoms with Gasteiger partial charge in [-0.25, -0.2) is 19.4 Å². The average molecular weight is 320 g/mol. The van der Waals surface area contributed by atoms with Crippen molar-refractivity contribution in [2.24, 2.45) is 0 Å². The molecule has 24 heavy (non-hydrogen) atoms. The van der Waals surface area contributed by atoms with Crippen molar-refractivity contribution in [1.29, 1.82) is 0 Å². The molecule has 1 heterocycles. The third kappa shape index (κ3) is 2.36. The summed E-state index contributed by atoms with van der Waals surface area (Å²) in [6.07, 6.45) is 1.92. The number of hydrogen-bond donors (Lipinski definition) is 0. The van der Waals surface area contributed by atoms with Gasteiger partial charge in [-0.2, -0.15) is 0 Å². The van der Waals surface area contributed by atoms with Crippen LogP contribution in [0.25, 0.3) is 16.7 Å². The van der Waals surface area contributed by atoms with E-state index in [2.05, 4.69) is 33.2 Å². The molecule has 1 aliphatic carbocycles. The van der Waals surface area contributed by atoms with Crippen molar-refractivity contribution in [3.05, 3.63) is 77.8 Å². The van der Waals surface area contributed by atoms with Crippen LogP contribution in [0.2, 0.25) is 0 Å². The topological polar surface area (TPSA) is 65.1 Å². The van der Waals surface area contributed by atoms with Crippen molar-refractivity contribution in [2.45, 2.75) is 6.42 Å². The zero-order chi connectivity index (χ0) is 16.7. The minimum atomic E-state index is -0.846. The van der Waals surface area contributed by atoms with Gasteiger partial charge in [-0.3, -0.25) is 0 Å². The van der Waals surface area contributed by atoms with Gasteiger partial charge >= 0.3 is 11.9 Å². The van der Waals surface area contributed by atoms with Gasteiger partial charge in [0.05, 0.1) is 5.57 Å². The van der Waals surface area contributed by atoms with E-state index in [0.717, 1.165) is 16.7 Å². The van der Waals surface area contributed by atoms with E-state index in [1.807, 2.05) is 30.3 Å². The number of ether oxygens (including phenoxy) is 1. The molecule has 0 radical (unpaired) electrons. The van der Waals surface area contributed by atoms with Crippen LogP contribution in [-0.4, -0.2) is 11.9 Å². The highest BCUT2D eigenvalue weighted by atomic mass is 17.2. The maximum absolute atomic E-state index is 12.1. The highest BCUT2D eigenvalue weighted by molar-refractivity contribution is 6.16. The quantitative estimate of drug-likeness (QED) is 0.421.